The Bertz CT molecular complexity index is 4520. The highest BCUT2D eigenvalue weighted by Crippen LogP contribution is 2.53. The van der Waals surface area contributed by atoms with Gasteiger partial charge in [0.25, 0.3) is 13.4 Å². The first-order chi connectivity index (χ1) is 41.3. The summed E-state index contributed by atoms with van der Waals surface area (Å²) in [6.07, 6.45) is 4.59. The Morgan fingerprint density at radius 3 is 1.36 bits per heavy atom. The van der Waals surface area contributed by atoms with Crippen LogP contribution in [0.3, 0.4) is 0 Å². The molecule has 0 unspecified atom stereocenters. The lowest BCUT2D eigenvalue weighted by molar-refractivity contribution is 0.332. The molecule has 0 atom stereocenters. The third-order valence-electron chi connectivity index (χ3n) is 21.2. The lowest BCUT2D eigenvalue weighted by atomic mass is 9.31. The van der Waals surface area contributed by atoms with Gasteiger partial charge in [-0.3, -0.25) is 9.80 Å². The average Bonchev–Trinajstić information content (AvgIpc) is 0.699. The van der Waals surface area contributed by atoms with Gasteiger partial charge in [-0.2, -0.15) is 0 Å². The fourth-order valence-electron chi connectivity index (χ4n) is 16.4. The highest BCUT2D eigenvalue weighted by atomic mass is 16.5. The number of hydrogen-bond acceptors (Lipinski definition) is 6. The van der Waals surface area contributed by atoms with E-state index in [4.69, 9.17) is 14.7 Å². The van der Waals surface area contributed by atoms with Gasteiger partial charge in [-0.05, 0) is 201 Å². The van der Waals surface area contributed by atoms with Crippen LogP contribution in [-0.4, -0.2) is 23.4 Å². The minimum atomic E-state index is -0.192. The van der Waals surface area contributed by atoms with Gasteiger partial charge in [0.15, 0.2) is 0 Å². The summed E-state index contributed by atoms with van der Waals surface area (Å²) in [6.45, 7) is 27.9. The SMILES string of the molecule is Cc1cccc(C)c1-c1cc2c3c(n1)N(c1ccc4c(c1)C(C)(C)CCC4(C)C)c1ccccc1B3c1cc3c(cc1O2)N(c1ccccc1)c1nc(-c2c(C)cccc2C)cc2c1B3c1ccccc1N2c1ccc2c(c1)C(C)(C)CCC2(C)C. The minimum Gasteiger partial charge on any atom is -0.458 e. The second kappa shape index (κ2) is 18.5. The molecule has 0 amide bonds. The van der Waals surface area contributed by atoms with Crippen molar-refractivity contribution in [3.05, 3.63) is 220 Å². The zero-order valence-electron chi connectivity index (χ0n) is 51.9. The Balaban J connectivity index is 0.972. The van der Waals surface area contributed by atoms with Crippen LogP contribution in [0.25, 0.3) is 22.5 Å². The Kier molecular flexibility index (Phi) is 11.4. The van der Waals surface area contributed by atoms with E-state index in [2.05, 4.69) is 274 Å². The van der Waals surface area contributed by atoms with Crippen LogP contribution >= 0.6 is 0 Å². The third kappa shape index (κ3) is 7.66. The highest BCUT2D eigenvalue weighted by Gasteiger charge is 2.50. The molecular formula is C78H73B2N5O. The normalized spacial score (nSPS) is 17.2. The quantitative estimate of drug-likeness (QED) is 0.160. The van der Waals surface area contributed by atoms with E-state index >= 15 is 0 Å². The Morgan fingerprint density at radius 2 is 0.802 bits per heavy atom. The molecule has 0 saturated heterocycles. The van der Waals surface area contributed by atoms with Crippen molar-refractivity contribution < 1.29 is 4.74 Å². The Morgan fingerprint density at radius 1 is 0.349 bits per heavy atom. The van der Waals surface area contributed by atoms with Crippen molar-refractivity contribution in [1.29, 1.82) is 0 Å². The predicted octanol–water partition coefficient (Wildman–Crippen LogP) is 16.2. The van der Waals surface area contributed by atoms with Crippen molar-refractivity contribution in [2.75, 3.05) is 14.7 Å². The largest absolute Gasteiger partial charge is 0.458 e. The number of nitrogens with zero attached hydrogens (tertiary/aromatic N) is 5. The summed E-state index contributed by atoms with van der Waals surface area (Å²) in [5.74, 6) is 3.52. The molecule has 0 bridgehead atoms. The van der Waals surface area contributed by atoms with Crippen LogP contribution in [0.2, 0.25) is 0 Å². The lowest BCUT2D eigenvalue weighted by Crippen LogP contribution is -2.64. The second-order valence-electron chi connectivity index (χ2n) is 28.4. The van der Waals surface area contributed by atoms with Crippen LogP contribution in [-0.2, 0) is 21.7 Å². The van der Waals surface area contributed by atoms with Gasteiger partial charge in [0.1, 0.15) is 23.1 Å². The molecule has 6 aliphatic rings. The number of fused-ring (bicyclic) bond motifs is 10. The fraction of sp³-hybridized carbons (Fsp3) is 0.256. The molecule has 86 heavy (non-hydrogen) atoms. The maximum absolute atomic E-state index is 7.68. The van der Waals surface area contributed by atoms with Crippen LogP contribution in [0.5, 0.6) is 11.5 Å². The standard InChI is InChI=1S/C78H73B2N5O/c1-46-22-20-23-47(2)69(46)61-43-66-71-73(81-61)84(50-26-14-13-15-27-50)65-45-67-60(42-59(65)79(71)57-28-16-18-30-63(57)83(66)51-32-34-53-55(40-51)77(9,10)38-36-75(53,5)6)80-58-29-17-19-31-64(58)85(52-33-35-54-56(41-52)78(11,12)39-37-76(54,7)8)74-72(80)68(86-67)44-62(82-74)70-48(3)24-21-25-49(70)4/h13-35,40-45H,36-39H2,1-12H3. The second-order valence-corrected chi connectivity index (χ2v) is 28.4. The van der Waals surface area contributed by atoms with E-state index in [9.17, 15) is 0 Å². The van der Waals surface area contributed by atoms with E-state index in [0.717, 1.165) is 111 Å². The first-order valence-corrected chi connectivity index (χ1v) is 31.3. The fourth-order valence-corrected chi connectivity index (χ4v) is 16.4. The molecule has 0 N–H and O–H groups in total. The van der Waals surface area contributed by atoms with E-state index in [1.54, 1.807) is 0 Å². The van der Waals surface area contributed by atoms with Gasteiger partial charge in [-0.15, -0.1) is 0 Å². The van der Waals surface area contributed by atoms with E-state index in [-0.39, 0.29) is 35.1 Å². The molecule has 2 aliphatic carbocycles. The first-order valence-electron chi connectivity index (χ1n) is 31.3. The number of hydrogen-bond donors (Lipinski definition) is 0. The molecule has 0 spiro atoms. The van der Waals surface area contributed by atoms with E-state index in [0.29, 0.717) is 0 Å². The number of aryl methyl sites for hydroxylation is 4. The van der Waals surface area contributed by atoms with Crippen molar-refractivity contribution in [3.8, 4) is 34.0 Å². The molecule has 0 fully saturated rings. The summed E-state index contributed by atoms with van der Waals surface area (Å²) in [5.41, 5.74) is 29.8. The number of pyridine rings is 2. The van der Waals surface area contributed by atoms with Crippen molar-refractivity contribution in [3.63, 3.8) is 0 Å². The highest BCUT2D eigenvalue weighted by molar-refractivity contribution is 7.02. The van der Waals surface area contributed by atoms with Crippen molar-refractivity contribution in [2.24, 2.45) is 0 Å². The van der Waals surface area contributed by atoms with E-state index in [1.165, 1.54) is 77.7 Å². The summed E-state index contributed by atoms with van der Waals surface area (Å²) in [4.78, 5) is 19.4. The molecule has 16 rings (SSSR count). The van der Waals surface area contributed by atoms with Crippen molar-refractivity contribution in [2.45, 2.75) is 130 Å². The first kappa shape index (κ1) is 52.9. The summed E-state index contributed by atoms with van der Waals surface area (Å²) in [5, 5.41) is 0. The van der Waals surface area contributed by atoms with Crippen LogP contribution in [0.4, 0.5) is 51.4 Å². The zero-order chi connectivity index (χ0) is 59.1. The number of ether oxygens (including phenoxy) is 1. The molecule has 422 valence electrons. The summed E-state index contributed by atoms with van der Waals surface area (Å²) < 4.78 is 7.68. The van der Waals surface area contributed by atoms with Gasteiger partial charge in [0.05, 0.1) is 11.4 Å². The smallest absolute Gasteiger partial charge is 0.258 e. The molecule has 6 heterocycles. The van der Waals surface area contributed by atoms with Gasteiger partial charge in [-0.25, -0.2) is 9.97 Å². The molecule has 10 aromatic rings. The molecule has 8 heteroatoms. The van der Waals surface area contributed by atoms with Crippen LogP contribution in [0.15, 0.2) is 176 Å². The van der Waals surface area contributed by atoms with Crippen LogP contribution < -0.4 is 52.2 Å². The minimum absolute atomic E-state index is 0.0128. The molecular weight excluding hydrogens is 1040 g/mol. The third-order valence-corrected chi connectivity index (χ3v) is 21.2. The van der Waals surface area contributed by atoms with Crippen molar-refractivity contribution >= 4 is 97.6 Å². The topological polar surface area (TPSA) is 44.7 Å². The van der Waals surface area contributed by atoms with Gasteiger partial charge in [-0.1, -0.05) is 165 Å². The van der Waals surface area contributed by atoms with Crippen molar-refractivity contribution in [1.82, 2.24) is 9.97 Å². The molecule has 8 aromatic carbocycles. The summed E-state index contributed by atoms with van der Waals surface area (Å²) in [7, 11) is 0. The maximum Gasteiger partial charge on any atom is 0.258 e. The Hall–Kier alpha value is -8.61. The molecule has 4 aliphatic heterocycles. The molecule has 0 radical (unpaired) electrons. The number of anilines is 9. The summed E-state index contributed by atoms with van der Waals surface area (Å²) in [6, 6.07) is 66.6. The van der Waals surface area contributed by atoms with Gasteiger partial charge in [0, 0.05) is 68.5 Å². The molecule has 6 nitrogen and oxygen atoms in total. The Labute approximate surface area is 509 Å². The van der Waals surface area contributed by atoms with E-state index < -0.39 is 0 Å². The average molecular weight is 1120 g/mol. The number of benzene rings is 8. The monoisotopic (exact) mass is 1120 g/mol. The maximum atomic E-state index is 7.68. The van der Waals surface area contributed by atoms with Gasteiger partial charge in [0.2, 0.25) is 0 Å². The van der Waals surface area contributed by atoms with Crippen LogP contribution in [0.1, 0.15) is 126 Å². The van der Waals surface area contributed by atoms with E-state index in [1.807, 2.05) is 0 Å². The number of rotatable bonds is 5. The lowest BCUT2D eigenvalue weighted by Gasteiger charge is -2.46. The van der Waals surface area contributed by atoms with Gasteiger partial charge < -0.3 is 9.64 Å². The molecule has 0 saturated carbocycles. The van der Waals surface area contributed by atoms with Crippen LogP contribution in [0, 0.1) is 27.7 Å². The van der Waals surface area contributed by atoms with Gasteiger partial charge >= 0.3 is 0 Å². The molecule has 2 aromatic heterocycles. The number of para-hydroxylation sites is 3. The predicted molar refractivity (Wildman–Crippen MR) is 362 cm³/mol. The number of aromatic nitrogens is 2. The zero-order valence-corrected chi connectivity index (χ0v) is 51.9. The summed E-state index contributed by atoms with van der Waals surface area (Å²) >= 11 is 0.